The van der Waals surface area contributed by atoms with Crippen LogP contribution in [-0.4, -0.2) is 29.9 Å². The van der Waals surface area contributed by atoms with Gasteiger partial charge in [0.1, 0.15) is 0 Å². The number of rotatable bonds is 12. The van der Waals surface area contributed by atoms with Gasteiger partial charge in [-0.1, -0.05) is 388 Å². The molecule has 0 saturated heterocycles. The van der Waals surface area contributed by atoms with Crippen LogP contribution in [0.3, 0.4) is 0 Å². The predicted molar refractivity (Wildman–Crippen MR) is 468 cm³/mol. The van der Waals surface area contributed by atoms with E-state index in [2.05, 4.69) is 352 Å². The highest BCUT2D eigenvalue weighted by Gasteiger charge is 2.48. The van der Waals surface area contributed by atoms with Crippen LogP contribution in [0.25, 0.3) is 156 Å². The minimum absolute atomic E-state index is 0.454. The second-order valence-corrected chi connectivity index (χ2v) is 29.5. The molecule has 0 spiro atoms. The smallest absolute Gasteiger partial charge is 0.164 e. The van der Waals surface area contributed by atoms with Gasteiger partial charge in [-0.3, -0.25) is 0 Å². The van der Waals surface area contributed by atoms with Crippen molar-refractivity contribution in [3.63, 3.8) is 0 Å². The van der Waals surface area contributed by atoms with E-state index < -0.39 is 10.8 Å². The molecule has 0 atom stereocenters. The molecule has 6 nitrogen and oxygen atoms in total. The van der Waals surface area contributed by atoms with Crippen molar-refractivity contribution < 1.29 is 0 Å². The normalized spacial score (nSPS) is 12.7. The molecule has 0 N–H and O–H groups in total. The Hall–Kier alpha value is -15.0. The van der Waals surface area contributed by atoms with Gasteiger partial charge >= 0.3 is 0 Å². The zero-order valence-corrected chi connectivity index (χ0v) is 62.1. The lowest BCUT2D eigenvalue weighted by atomic mass is 9.67. The number of aromatic nitrogens is 6. The van der Waals surface area contributed by atoms with E-state index in [4.69, 9.17) is 29.9 Å². The lowest BCUT2D eigenvalue weighted by molar-refractivity contribution is 0.769. The Morgan fingerprint density at radius 2 is 0.421 bits per heavy atom. The first kappa shape index (κ1) is 67.2. The van der Waals surface area contributed by atoms with Crippen molar-refractivity contribution in [2.24, 2.45) is 0 Å². The molecule has 532 valence electrons. The van der Waals surface area contributed by atoms with Crippen LogP contribution in [0.4, 0.5) is 0 Å². The van der Waals surface area contributed by atoms with E-state index in [1.54, 1.807) is 0 Å². The van der Waals surface area contributed by atoms with Crippen LogP contribution in [0.2, 0.25) is 0 Å². The second-order valence-electron chi connectivity index (χ2n) is 29.5. The third-order valence-electron chi connectivity index (χ3n) is 23.2. The molecule has 22 rings (SSSR count). The van der Waals surface area contributed by atoms with Gasteiger partial charge in [0.2, 0.25) is 0 Å². The highest BCUT2D eigenvalue weighted by molar-refractivity contribution is 6.16. The highest BCUT2D eigenvalue weighted by atomic mass is 15.0. The van der Waals surface area contributed by atoms with Gasteiger partial charge in [0.05, 0.1) is 10.8 Å². The summed E-state index contributed by atoms with van der Waals surface area (Å²) in [6.45, 7) is 0. The van der Waals surface area contributed by atoms with Crippen molar-refractivity contribution in [1.82, 2.24) is 29.9 Å². The van der Waals surface area contributed by atoms with Crippen LogP contribution in [0.15, 0.2) is 425 Å². The van der Waals surface area contributed by atoms with Crippen molar-refractivity contribution in [1.29, 1.82) is 0 Å². The maximum Gasteiger partial charge on any atom is 0.164 e. The number of hydrogen-bond acceptors (Lipinski definition) is 6. The van der Waals surface area contributed by atoms with E-state index in [1.807, 2.05) is 72.8 Å². The molecule has 0 amide bonds. The molecular weight excluding hydrogens is 1380 g/mol. The van der Waals surface area contributed by atoms with Crippen molar-refractivity contribution in [3.05, 3.63) is 469 Å². The van der Waals surface area contributed by atoms with E-state index in [9.17, 15) is 0 Å². The van der Waals surface area contributed by atoms with Gasteiger partial charge in [-0.15, -0.1) is 0 Å². The minimum Gasteiger partial charge on any atom is -0.208 e. The maximum atomic E-state index is 5.15. The van der Waals surface area contributed by atoms with Crippen LogP contribution in [-0.2, 0) is 10.8 Å². The van der Waals surface area contributed by atoms with Gasteiger partial charge in [-0.05, 0) is 169 Å². The fourth-order valence-corrected chi connectivity index (χ4v) is 18.1. The Labute approximate surface area is 661 Å². The van der Waals surface area contributed by atoms with Gasteiger partial charge in [-0.2, -0.15) is 0 Å². The Morgan fingerprint density at radius 3 is 0.816 bits per heavy atom. The maximum absolute atomic E-state index is 5.15. The quantitative estimate of drug-likeness (QED) is 0.113. The second kappa shape index (κ2) is 28.2. The largest absolute Gasteiger partial charge is 0.208 e. The SMILES string of the molecule is c1ccc(-c2nc(-c3ccccc3)nc(-c3cc4cc(-c5ccc6c(c5)C(c5ccccc5)(c5ccccc5)c5ccccc5-6)ccc4c4ccccc34)n2)cc1.c1ccc(-c2nc(-c3ccccc3)nc(-c3cc4ccc(-c5ccc6c(c5)C(c5ccccc5)(c5ccccc5)c5ccccc5-6)cc4c4ccccc34)n2)cc1. The minimum atomic E-state index is -0.462. The van der Waals surface area contributed by atoms with Crippen molar-refractivity contribution >= 4 is 43.1 Å². The van der Waals surface area contributed by atoms with E-state index in [0.29, 0.717) is 34.9 Å². The molecule has 0 radical (unpaired) electrons. The Morgan fingerprint density at radius 1 is 0.140 bits per heavy atom. The predicted octanol–water partition coefficient (Wildman–Crippen LogP) is 26.4. The molecule has 2 heterocycles. The zero-order valence-electron chi connectivity index (χ0n) is 62.1. The summed E-state index contributed by atoms with van der Waals surface area (Å²) in [5.41, 5.74) is 24.9. The monoisotopic (exact) mass is 1450 g/mol. The van der Waals surface area contributed by atoms with E-state index >= 15 is 0 Å². The van der Waals surface area contributed by atoms with Crippen molar-refractivity contribution in [3.8, 4) is 113 Å². The molecular formula is C108H70N6. The molecule has 0 bridgehead atoms. The summed E-state index contributed by atoms with van der Waals surface area (Å²) in [5.74, 6) is 3.91. The average Bonchev–Trinajstić information content (AvgIpc) is 1.54. The summed E-state index contributed by atoms with van der Waals surface area (Å²) >= 11 is 0. The molecule has 0 aliphatic heterocycles. The summed E-state index contributed by atoms with van der Waals surface area (Å²) < 4.78 is 0. The van der Waals surface area contributed by atoms with Gasteiger partial charge < -0.3 is 0 Å². The molecule has 114 heavy (non-hydrogen) atoms. The molecule has 0 unspecified atom stereocenters. The Bertz CT molecular complexity index is 6870. The molecule has 2 aromatic heterocycles. The first-order valence-electron chi connectivity index (χ1n) is 38.9. The lowest BCUT2D eigenvalue weighted by Gasteiger charge is -2.34. The molecule has 2 aliphatic carbocycles. The number of hydrogen-bond donors (Lipinski definition) is 0. The molecule has 6 heteroatoms. The van der Waals surface area contributed by atoms with Crippen LogP contribution in [0.5, 0.6) is 0 Å². The summed E-state index contributed by atoms with van der Waals surface area (Å²) in [6.07, 6.45) is 0. The fourth-order valence-electron chi connectivity index (χ4n) is 18.1. The van der Waals surface area contributed by atoms with Gasteiger partial charge in [0.25, 0.3) is 0 Å². The van der Waals surface area contributed by atoms with Gasteiger partial charge in [0.15, 0.2) is 34.9 Å². The van der Waals surface area contributed by atoms with Crippen LogP contribution in [0, 0.1) is 0 Å². The fraction of sp³-hybridized carbons (Fsp3) is 0.0185. The van der Waals surface area contributed by atoms with E-state index in [0.717, 1.165) is 71.3 Å². The Kier molecular flexibility index (Phi) is 16.6. The third kappa shape index (κ3) is 11.3. The van der Waals surface area contributed by atoms with Crippen molar-refractivity contribution in [2.45, 2.75) is 10.8 Å². The summed E-state index contributed by atoms with van der Waals surface area (Å²) in [7, 11) is 0. The van der Waals surface area contributed by atoms with E-state index in [-0.39, 0.29) is 0 Å². The molecule has 20 aromatic rings. The Balaban J connectivity index is 0.000000143. The number of benzene rings is 18. The van der Waals surface area contributed by atoms with Gasteiger partial charge in [-0.25, -0.2) is 29.9 Å². The van der Waals surface area contributed by atoms with Crippen LogP contribution >= 0.6 is 0 Å². The topological polar surface area (TPSA) is 77.3 Å². The van der Waals surface area contributed by atoms with Crippen LogP contribution < -0.4 is 0 Å². The average molecular weight is 1450 g/mol. The summed E-state index contributed by atoms with van der Waals surface area (Å²) in [6, 6.07) is 152. The summed E-state index contributed by atoms with van der Waals surface area (Å²) in [5, 5.41) is 9.17. The molecule has 2 aliphatic rings. The standard InChI is InChI=1S/2C54H35N3/c1-5-17-36(18-6-1)51-55-52(37-19-7-2-8-20-37)57-53(56-51)48-34-40-33-38(29-31-43(40)44-25-13-14-26-45(44)48)39-30-32-47-46-27-15-16-28-49(46)54(50(47)35-39,41-21-9-3-10-22-41)42-23-11-4-12-24-42;1-5-17-36(18-6-1)51-55-52(37-19-7-2-8-20-37)57-53(56-51)48-34-40-30-29-38(33-47(40)43-25-13-14-26-44(43)48)39-31-32-46-45-27-15-16-28-49(45)54(50(46)35-39,41-21-9-3-10-22-41)42-23-11-4-12-24-42/h2*1-35H. The van der Waals surface area contributed by atoms with E-state index in [1.165, 1.54) is 94.2 Å². The lowest BCUT2D eigenvalue weighted by Crippen LogP contribution is -2.28. The zero-order chi connectivity index (χ0) is 75.5. The third-order valence-corrected chi connectivity index (χ3v) is 23.2. The highest BCUT2D eigenvalue weighted by Crippen LogP contribution is 2.59. The number of fused-ring (bicyclic) bond motifs is 12. The molecule has 0 saturated carbocycles. The van der Waals surface area contributed by atoms with Gasteiger partial charge in [0, 0.05) is 33.4 Å². The van der Waals surface area contributed by atoms with Crippen LogP contribution in [0.1, 0.15) is 44.5 Å². The van der Waals surface area contributed by atoms with Crippen molar-refractivity contribution in [2.75, 3.05) is 0 Å². The summed E-state index contributed by atoms with van der Waals surface area (Å²) in [4.78, 5) is 30.4. The first-order chi connectivity index (χ1) is 56.5. The first-order valence-corrected chi connectivity index (χ1v) is 38.9. The molecule has 18 aromatic carbocycles. The molecule has 0 fully saturated rings. The number of nitrogens with zero attached hydrogens (tertiary/aromatic N) is 6.